The Bertz CT molecular complexity index is 345. The van der Waals surface area contributed by atoms with E-state index in [1.165, 1.54) is 0 Å². The lowest BCUT2D eigenvalue weighted by Gasteiger charge is -2.12. The Morgan fingerprint density at radius 1 is 1.24 bits per heavy atom. The van der Waals surface area contributed by atoms with Crippen molar-refractivity contribution in [3.8, 4) is 5.75 Å². The molecule has 2 atom stereocenters. The second kappa shape index (κ2) is 7.50. The number of aliphatic hydroxyl groups is 1. The van der Waals surface area contributed by atoms with E-state index in [1.807, 2.05) is 19.1 Å². The first-order valence-corrected chi connectivity index (χ1v) is 5.45. The highest BCUT2D eigenvalue weighted by Gasteiger charge is 2.08. The lowest BCUT2D eigenvalue weighted by Crippen LogP contribution is -2.27. The molecule has 17 heavy (non-hydrogen) atoms. The van der Waals surface area contributed by atoms with Crippen molar-refractivity contribution in [1.29, 1.82) is 0 Å². The molecule has 6 N–H and O–H groups in total. The summed E-state index contributed by atoms with van der Waals surface area (Å²) in [6.07, 6.45) is 1.23. The van der Waals surface area contributed by atoms with Gasteiger partial charge in [-0.15, -0.1) is 12.4 Å². The summed E-state index contributed by atoms with van der Waals surface area (Å²) < 4.78 is 0. The Morgan fingerprint density at radius 3 is 2.41 bits per heavy atom. The smallest absolute Gasteiger partial charge is 0.118 e. The van der Waals surface area contributed by atoms with Crippen LogP contribution in [-0.4, -0.2) is 28.9 Å². The highest BCUT2D eigenvalue weighted by atomic mass is 35.5. The van der Waals surface area contributed by atoms with Gasteiger partial charge < -0.3 is 21.7 Å². The van der Waals surface area contributed by atoms with E-state index in [-0.39, 0.29) is 36.8 Å². The third kappa shape index (κ3) is 5.37. The molecule has 0 aliphatic carbocycles. The van der Waals surface area contributed by atoms with Gasteiger partial charge in [0.05, 0.1) is 6.61 Å². The summed E-state index contributed by atoms with van der Waals surface area (Å²) in [4.78, 5) is 0. The van der Waals surface area contributed by atoms with Gasteiger partial charge in [0.2, 0.25) is 0 Å². The van der Waals surface area contributed by atoms with Crippen molar-refractivity contribution in [1.82, 2.24) is 0 Å². The molecule has 0 bridgehead atoms. The van der Waals surface area contributed by atoms with Crippen molar-refractivity contribution in [2.45, 2.75) is 31.8 Å². The van der Waals surface area contributed by atoms with E-state index < -0.39 is 0 Å². The van der Waals surface area contributed by atoms with Crippen LogP contribution in [0.25, 0.3) is 0 Å². The van der Waals surface area contributed by atoms with Crippen molar-refractivity contribution in [3.63, 3.8) is 0 Å². The summed E-state index contributed by atoms with van der Waals surface area (Å²) >= 11 is 0. The number of halogens is 1. The quantitative estimate of drug-likeness (QED) is 0.623. The fraction of sp³-hybridized carbons (Fsp3) is 0.500. The first-order chi connectivity index (χ1) is 7.52. The normalized spacial score (nSPS) is 13.9. The second-order valence-electron chi connectivity index (χ2n) is 4.29. The molecule has 0 saturated heterocycles. The standard InChI is InChI=1S/C12H20N2O2.ClH/c1-8(13)4-9-2-3-12(16)10(5-9)6-11(14)7-15;/h2-3,5,8,11,15-16H,4,6-7,13-14H2,1H3;1H. The minimum Gasteiger partial charge on any atom is -0.508 e. The molecule has 0 aliphatic heterocycles. The number of phenols is 1. The number of aliphatic hydroxyl groups excluding tert-OH is 1. The molecule has 0 saturated carbocycles. The van der Waals surface area contributed by atoms with Gasteiger partial charge in [0.15, 0.2) is 0 Å². The van der Waals surface area contributed by atoms with Crippen LogP contribution in [0.15, 0.2) is 18.2 Å². The van der Waals surface area contributed by atoms with Crippen LogP contribution in [0.4, 0.5) is 0 Å². The van der Waals surface area contributed by atoms with Crippen molar-refractivity contribution >= 4 is 12.4 Å². The Morgan fingerprint density at radius 2 is 1.88 bits per heavy atom. The molecule has 2 unspecified atom stereocenters. The van der Waals surface area contributed by atoms with Crippen molar-refractivity contribution in [2.75, 3.05) is 6.61 Å². The van der Waals surface area contributed by atoms with Crippen molar-refractivity contribution < 1.29 is 10.2 Å². The number of hydrogen-bond donors (Lipinski definition) is 4. The summed E-state index contributed by atoms with van der Waals surface area (Å²) in [6, 6.07) is 5.15. The minimum absolute atomic E-state index is 0. The predicted octanol–water partition coefficient (Wildman–Crippen LogP) is 0.566. The maximum absolute atomic E-state index is 9.65. The lowest BCUT2D eigenvalue weighted by atomic mass is 10.00. The molecule has 5 heteroatoms. The van der Waals surface area contributed by atoms with Crippen LogP contribution in [-0.2, 0) is 12.8 Å². The molecule has 1 aromatic carbocycles. The molecule has 98 valence electrons. The third-order valence-electron chi connectivity index (χ3n) is 2.42. The molecule has 0 spiro atoms. The minimum atomic E-state index is -0.337. The Balaban J connectivity index is 0.00000256. The van der Waals surface area contributed by atoms with Crippen LogP contribution in [0.3, 0.4) is 0 Å². The van der Waals surface area contributed by atoms with E-state index >= 15 is 0 Å². The highest BCUT2D eigenvalue weighted by molar-refractivity contribution is 5.85. The first-order valence-electron chi connectivity index (χ1n) is 5.45. The summed E-state index contributed by atoms with van der Waals surface area (Å²) in [5.74, 6) is 0.220. The van der Waals surface area contributed by atoms with Gasteiger partial charge in [0, 0.05) is 12.1 Å². The molecule has 0 heterocycles. The average Bonchev–Trinajstić information content (AvgIpc) is 2.22. The topological polar surface area (TPSA) is 92.5 Å². The van der Waals surface area contributed by atoms with E-state index in [0.29, 0.717) is 6.42 Å². The van der Waals surface area contributed by atoms with Gasteiger partial charge in [-0.1, -0.05) is 12.1 Å². The number of benzene rings is 1. The van der Waals surface area contributed by atoms with Crippen LogP contribution < -0.4 is 11.5 Å². The van der Waals surface area contributed by atoms with E-state index in [1.54, 1.807) is 6.07 Å². The number of hydrogen-bond acceptors (Lipinski definition) is 4. The molecule has 0 fully saturated rings. The van der Waals surface area contributed by atoms with E-state index in [9.17, 15) is 5.11 Å². The number of phenolic OH excluding ortho intramolecular Hbond substituents is 1. The van der Waals surface area contributed by atoms with Crippen LogP contribution in [0.1, 0.15) is 18.1 Å². The first kappa shape index (κ1) is 16.2. The SMILES string of the molecule is CC(N)Cc1ccc(O)c(CC(N)CO)c1.Cl. The van der Waals surface area contributed by atoms with Gasteiger partial charge >= 0.3 is 0 Å². The van der Waals surface area contributed by atoms with E-state index in [0.717, 1.165) is 17.5 Å². The van der Waals surface area contributed by atoms with Gasteiger partial charge in [-0.2, -0.15) is 0 Å². The zero-order valence-corrected chi connectivity index (χ0v) is 10.8. The predicted molar refractivity (Wildman–Crippen MR) is 71.5 cm³/mol. The molecular formula is C12H21ClN2O2. The number of aromatic hydroxyl groups is 1. The molecule has 0 radical (unpaired) electrons. The zero-order valence-electron chi connectivity index (χ0n) is 9.97. The number of rotatable bonds is 5. The van der Waals surface area contributed by atoms with Crippen LogP contribution in [0, 0.1) is 0 Å². The summed E-state index contributed by atoms with van der Waals surface area (Å²) in [5.41, 5.74) is 13.2. The van der Waals surface area contributed by atoms with Gasteiger partial charge in [-0.3, -0.25) is 0 Å². The fourth-order valence-corrected chi connectivity index (χ4v) is 1.65. The maximum Gasteiger partial charge on any atom is 0.118 e. The van der Waals surface area contributed by atoms with Gasteiger partial charge in [-0.25, -0.2) is 0 Å². The molecule has 0 aliphatic rings. The summed E-state index contributed by atoms with van der Waals surface area (Å²) in [5, 5.41) is 18.5. The zero-order chi connectivity index (χ0) is 12.1. The number of nitrogens with two attached hydrogens (primary N) is 2. The third-order valence-corrected chi connectivity index (χ3v) is 2.42. The lowest BCUT2D eigenvalue weighted by molar-refractivity contribution is 0.264. The van der Waals surface area contributed by atoms with Crippen molar-refractivity contribution in [2.24, 2.45) is 11.5 Å². The summed E-state index contributed by atoms with van der Waals surface area (Å²) in [7, 11) is 0. The molecular weight excluding hydrogens is 240 g/mol. The Labute approximate surface area is 108 Å². The monoisotopic (exact) mass is 260 g/mol. The van der Waals surface area contributed by atoms with Crippen LogP contribution in [0.5, 0.6) is 5.75 Å². The van der Waals surface area contributed by atoms with Gasteiger partial charge in [0.1, 0.15) is 5.75 Å². The summed E-state index contributed by atoms with van der Waals surface area (Å²) in [6.45, 7) is 1.85. The largest absolute Gasteiger partial charge is 0.508 e. The molecule has 0 amide bonds. The molecule has 4 nitrogen and oxygen atoms in total. The van der Waals surface area contributed by atoms with Crippen LogP contribution >= 0.6 is 12.4 Å². The van der Waals surface area contributed by atoms with E-state index in [2.05, 4.69) is 0 Å². The molecule has 0 aromatic heterocycles. The van der Waals surface area contributed by atoms with Gasteiger partial charge in [-0.05, 0) is 37.0 Å². The van der Waals surface area contributed by atoms with E-state index in [4.69, 9.17) is 16.6 Å². The van der Waals surface area contributed by atoms with Crippen molar-refractivity contribution in [3.05, 3.63) is 29.3 Å². The average molecular weight is 261 g/mol. The Kier molecular flexibility index (Phi) is 7.15. The molecule has 1 aromatic rings. The fourth-order valence-electron chi connectivity index (χ4n) is 1.65. The van der Waals surface area contributed by atoms with Crippen LogP contribution in [0.2, 0.25) is 0 Å². The maximum atomic E-state index is 9.65. The molecule has 1 rings (SSSR count). The Hall–Kier alpha value is -0.810. The highest BCUT2D eigenvalue weighted by Crippen LogP contribution is 2.20. The second-order valence-corrected chi connectivity index (χ2v) is 4.29. The van der Waals surface area contributed by atoms with Gasteiger partial charge in [0.25, 0.3) is 0 Å².